The van der Waals surface area contributed by atoms with Crippen LogP contribution in [-0.2, 0) is 32.8 Å². The number of hydrogen-bond donors (Lipinski definition) is 0. The van der Waals surface area contributed by atoms with Crippen molar-refractivity contribution >= 4 is 5.97 Å². The van der Waals surface area contributed by atoms with E-state index in [9.17, 15) is 18.0 Å². The molecule has 1 heterocycles. The molecule has 3 aromatic carbocycles. The molecule has 37 heavy (non-hydrogen) atoms. The van der Waals surface area contributed by atoms with Crippen LogP contribution >= 0.6 is 0 Å². The molecular formula is C30H32F3NO3. The highest BCUT2D eigenvalue weighted by Crippen LogP contribution is 2.43. The van der Waals surface area contributed by atoms with Crippen molar-refractivity contribution in [2.24, 2.45) is 5.92 Å². The standard InChI is InChI=1S/C30H32F3NO3/c1-22-13-15-23(16-14-22)19-25-17-18-34(20-24-9-5-3-6-10-24)21-27(25)37-28(35)29(36-2,30(31,32)33)26-11-7-4-8-12-26/h3-16,25,27H,17-21H2,1-2H3/t25-,27-,29-/m1/s1. The van der Waals surface area contributed by atoms with Crippen molar-refractivity contribution in [3.05, 3.63) is 107 Å². The average Bonchev–Trinajstić information content (AvgIpc) is 2.88. The van der Waals surface area contributed by atoms with E-state index in [0.29, 0.717) is 25.9 Å². The summed E-state index contributed by atoms with van der Waals surface area (Å²) in [6, 6.07) is 24.9. The minimum atomic E-state index is -5.01. The predicted octanol–water partition coefficient (Wildman–Crippen LogP) is 6.08. The summed E-state index contributed by atoms with van der Waals surface area (Å²) in [7, 11) is 0.897. The fourth-order valence-electron chi connectivity index (χ4n) is 5.02. The number of aryl methyl sites for hydroxylation is 1. The molecule has 3 aromatic rings. The van der Waals surface area contributed by atoms with Crippen LogP contribution in [0.1, 0.15) is 28.7 Å². The van der Waals surface area contributed by atoms with Gasteiger partial charge in [0.15, 0.2) is 0 Å². The molecule has 1 fully saturated rings. The van der Waals surface area contributed by atoms with E-state index in [-0.39, 0.29) is 11.5 Å². The molecule has 1 saturated heterocycles. The van der Waals surface area contributed by atoms with Crippen molar-refractivity contribution in [2.45, 2.75) is 44.2 Å². The summed E-state index contributed by atoms with van der Waals surface area (Å²) in [6.45, 7) is 3.72. The Morgan fingerprint density at radius 3 is 2.14 bits per heavy atom. The summed E-state index contributed by atoms with van der Waals surface area (Å²) >= 11 is 0. The lowest BCUT2D eigenvalue weighted by Crippen LogP contribution is -2.55. The number of likely N-dealkylation sites (tertiary alicyclic amines) is 1. The Hall–Kier alpha value is -3.16. The molecule has 0 N–H and O–H groups in total. The number of methoxy groups -OCH3 is 1. The number of carbonyl (C=O) groups is 1. The molecule has 4 nitrogen and oxygen atoms in total. The number of hydrogen-bond acceptors (Lipinski definition) is 4. The normalized spacial score (nSPS) is 20.2. The molecule has 0 unspecified atom stereocenters. The number of halogens is 3. The van der Waals surface area contributed by atoms with Gasteiger partial charge in [0.2, 0.25) is 0 Å². The molecule has 0 bridgehead atoms. The Morgan fingerprint density at radius 1 is 0.919 bits per heavy atom. The highest BCUT2D eigenvalue weighted by molar-refractivity contribution is 5.83. The summed E-state index contributed by atoms with van der Waals surface area (Å²) in [5.41, 5.74) is -0.227. The third-order valence-electron chi connectivity index (χ3n) is 7.08. The van der Waals surface area contributed by atoms with Crippen molar-refractivity contribution in [2.75, 3.05) is 20.2 Å². The van der Waals surface area contributed by atoms with Crippen molar-refractivity contribution in [3.63, 3.8) is 0 Å². The summed E-state index contributed by atoms with van der Waals surface area (Å²) in [5, 5.41) is 0. The van der Waals surface area contributed by atoms with Gasteiger partial charge in [-0.25, -0.2) is 4.79 Å². The van der Waals surface area contributed by atoms with Crippen LogP contribution < -0.4 is 0 Å². The molecule has 1 aliphatic rings. The monoisotopic (exact) mass is 511 g/mol. The third-order valence-corrected chi connectivity index (χ3v) is 7.08. The molecule has 0 amide bonds. The van der Waals surface area contributed by atoms with Crippen molar-refractivity contribution in [1.82, 2.24) is 4.90 Å². The smallest absolute Gasteiger partial charge is 0.432 e. The van der Waals surface area contributed by atoms with E-state index >= 15 is 0 Å². The molecule has 196 valence electrons. The highest BCUT2D eigenvalue weighted by Gasteiger charge is 2.64. The summed E-state index contributed by atoms with van der Waals surface area (Å²) in [4.78, 5) is 15.6. The third kappa shape index (κ3) is 6.05. The molecule has 7 heteroatoms. The quantitative estimate of drug-likeness (QED) is 0.344. The number of nitrogens with zero attached hydrogens (tertiary/aromatic N) is 1. The Bertz CT molecular complexity index is 1150. The van der Waals surface area contributed by atoms with E-state index in [2.05, 4.69) is 4.90 Å². The van der Waals surface area contributed by atoms with Crippen LogP contribution in [0.5, 0.6) is 0 Å². The summed E-state index contributed by atoms with van der Waals surface area (Å²) in [5.74, 6) is -1.56. The fraction of sp³-hybridized carbons (Fsp3) is 0.367. The number of alkyl halides is 3. The van der Waals surface area contributed by atoms with Crippen LogP contribution in [0.15, 0.2) is 84.9 Å². The van der Waals surface area contributed by atoms with Gasteiger partial charge in [-0.1, -0.05) is 90.5 Å². The van der Waals surface area contributed by atoms with Gasteiger partial charge < -0.3 is 9.47 Å². The van der Waals surface area contributed by atoms with Crippen LogP contribution in [0.4, 0.5) is 13.2 Å². The van der Waals surface area contributed by atoms with Crippen molar-refractivity contribution in [1.29, 1.82) is 0 Å². The van der Waals surface area contributed by atoms with Gasteiger partial charge >= 0.3 is 12.1 Å². The van der Waals surface area contributed by atoms with Gasteiger partial charge in [-0.05, 0) is 37.4 Å². The zero-order valence-corrected chi connectivity index (χ0v) is 21.1. The zero-order valence-electron chi connectivity index (χ0n) is 21.1. The first kappa shape index (κ1) is 26.9. The minimum absolute atomic E-state index is 0.128. The number of rotatable bonds is 8. The Balaban J connectivity index is 1.61. The Kier molecular flexibility index (Phi) is 8.35. The summed E-state index contributed by atoms with van der Waals surface area (Å²) in [6.07, 6.45) is -4.44. The van der Waals surface area contributed by atoms with E-state index in [1.54, 1.807) is 6.07 Å². The lowest BCUT2D eigenvalue weighted by molar-refractivity contribution is -0.279. The molecule has 4 rings (SSSR count). The van der Waals surface area contributed by atoms with Crippen molar-refractivity contribution < 1.29 is 27.4 Å². The van der Waals surface area contributed by atoms with E-state index in [1.165, 1.54) is 24.3 Å². The van der Waals surface area contributed by atoms with Gasteiger partial charge in [0.1, 0.15) is 6.10 Å². The van der Waals surface area contributed by atoms with Crippen LogP contribution in [0.2, 0.25) is 0 Å². The molecular weight excluding hydrogens is 479 g/mol. The van der Waals surface area contributed by atoms with Crippen LogP contribution in [0, 0.1) is 12.8 Å². The number of esters is 1. The Labute approximate surface area is 216 Å². The maximum atomic E-state index is 14.5. The van der Waals surface area contributed by atoms with Gasteiger partial charge in [-0.15, -0.1) is 0 Å². The van der Waals surface area contributed by atoms with Gasteiger partial charge in [0.25, 0.3) is 5.60 Å². The first-order valence-electron chi connectivity index (χ1n) is 12.4. The minimum Gasteiger partial charge on any atom is -0.458 e. The number of ether oxygens (including phenoxy) is 2. The van der Waals surface area contributed by atoms with Crippen LogP contribution in [-0.4, -0.2) is 43.3 Å². The maximum Gasteiger partial charge on any atom is 0.432 e. The van der Waals surface area contributed by atoms with Crippen molar-refractivity contribution in [3.8, 4) is 0 Å². The molecule has 0 radical (unpaired) electrons. The van der Waals surface area contributed by atoms with Gasteiger partial charge in [0, 0.05) is 31.7 Å². The van der Waals surface area contributed by atoms with Crippen LogP contribution in [0.3, 0.4) is 0 Å². The summed E-state index contributed by atoms with van der Waals surface area (Å²) < 4.78 is 54.2. The lowest BCUT2D eigenvalue weighted by atomic mass is 9.86. The second-order valence-corrected chi connectivity index (χ2v) is 9.65. The molecule has 0 saturated carbocycles. The van der Waals surface area contributed by atoms with Gasteiger partial charge in [-0.3, -0.25) is 4.90 Å². The number of carbonyl (C=O) groups excluding carboxylic acids is 1. The Morgan fingerprint density at radius 2 is 1.54 bits per heavy atom. The SMILES string of the molecule is CO[C@@](C(=O)O[C@@H]1CN(Cc2ccccc2)CC[C@@H]1Cc1ccc(C)cc1)(c1ccccc1)C(F)(F)F. The average molecular weight is 512 g/mol. The first-order chi connectivity index (χ1) is 17.7. The highest BCUT2D eigenvalue weighted by atomic mass is 19.4. The van der Waals surface area contributed by atoms with E-state index in [1.807, 2.05) is 61.5 Å². The lowest BCUT2D eigenvalue weighted by Gasteiger charge is -2.40. The van der Waals surface area contributed by atoms with E-state index < -0.39 is 23.9 Å². The van der Waals surface area contributed by atoms with Gasteiger partial charge in [-0.2, -0.15) is 13.2 Å². The topological polar surface area (TPSA) is 38.8 Å². The predicted molar refractivity (Wildman–Crippen MR) is 136 cm³/mol. The van der Waals surface area contributed by atoms with Gasteiger partial charge in [0.05, 0.1) is 0 Å². The van der Waals surface area contributed by atoms with E-state index in [4.69, 9.17) is 9.47 Å². The zero-order chi connectivity index (χ0) is 26.5. The largest absolute Gasteiger partial charge is 0.458 e. The first-order valence-corrected chi connectivity index (χ1v) is 12.4. The fourth-order valence-corrected chi connectivity index (χ4v) is 5.02. The maximum absolute atomic E-state index is 14.5. The molecule has 0 spiro atoms. The molecule has 3 atom stereocenters. The van der Waals surface area contributed by atoms with E-state index in [0.717, 1.165) is 30.3 Å². The number of benzene rings is 3. The second-order valence-electron chi connectivity index (χ2n) is 9.65. The second kappa shape index (κ2) is 11.5. The molecule has 1 aliphatic heterocycles. The molecule has 0 aliphatic carbocycles. The van der Waals surface area contributed by atoms with Crippen LogP contribution in [0.25, 0.3) is 0 Å². The molecule has 0 aromatic heterocycles. The number of piperidine rings is 1.